The summed E-state index contributed by atoms with van der Waals surface area (Å²) in [5.41, 5.74) is -1.79. The van der Waals surface area contributed by atoms with Crippen LogP contribution in [-0.2, 0) is 25.5 Å². The zero-order chi connectivity index (χ0) is 22.7. The van der Waals surface area contributed by atoms with Crippen molar-refractivity contribution in [2.75, 3.05) is 7.11 Å². The molecule has 162 valence electrons. The molecule has 5 rings (SSSR count). The molecule has 2 unspecified atom stereocenters. The molecule has 2 bridgehead atoms. The lowest BCUT2D eigenvalue weighted by Crippen LogP contribution is -2.51. The fourth-order valence-electron chi connectivity index (χ4n) is 5.07. The minimum atomic E-state index is -2.21. The molecule has 0 amide bonds. The molecule has 1 saturated carbocycles. The van der Waals surface area contributed by atoms with Crippen LogP contribution >= 0.6 is 15.9 Å². The first-order valence-corrected chi connectivity index (χ1v) is 11.0. The van der Waals surface area contributed by atoms with Gasteiger partial charge in [0, 0.05) is 16.2 Å². The molecule has 0 saturated heterocycles. The fraction of sp³-hybridized carbons (Fsp3) is 0.240. The number of rotatable bonds is 3. The number of pyridine rings is 1. The van der Waals surface area contributed by atoms with Gasteiger partial charge in [0.15, 0.2) is 5.60 Å². The third-order valence-electron chi connectivity index (χ3n) is 6.41. The summed E-state index contributed by atoms with van der Waals surface area (Å²) in [4.78, 5) is 31.7. The summed E-state index contributed by atoms with van der Waals surface area (Å²) < 4.78 is 12.4. The Kier molecular flexibility index (Phi) is 4.72. The molecule has 1 aliphatic carbocycles. The molecule has 2 heterocycles. The lowest BCUT2D eigenvalue weighted by atomic mass is 9.75. The maximum absolute atomic E-state index is 14.1. The Morgan fingerprint density at radius 3 is 2.50 bits per heavy atom. The van der Waals surface area contributed by atoms with Crippen molar-refractivity contribution >= 4 is 27.7 Å². The Morgan fingerprint density at radius 2 is 1.84 bits per heavy atom. The number of aromatic nitrogens is 1. The van der Waals surface area contributed by atoms with Gasteiger partial charge in [-0.1, -0.05) is 58.4 Å². The Hall–Kier alpha value is -3.03. The van der Waals surface area contributed by atoms with Crippen LogP contribution in [-0.4, -0.2) is 29.0 Å². The SMILES string of the molecule is COC(=O)C1C(c2ccccc2)[C@]2(c3ccc(Br)cc3)Oc3cc(C)cnc3[C@@]1(O)C2=O. The lowest BCUT2D eigenvalue weighted by molar-refractivity contribution is -0.163. The number of Topliss-reactive ketones (excluding diaryl/α,β-unsaturated/α-hetero) is 1. The highest BCUT2D eigenvalue weighted by Gasteiger charge is 2.76. The third-order valence-corrected chi connectivity index (χ3v) is 6.94. The van der Waals surface area contributed by atoms with Crippen molar-refractivity contribution in [3.8, 4) is 5.75 Å². The molecular weight excluding hydrogens is 474 g/mol. The fourth-order valence-corrected chi connectivity index (χ4v) is 5.34. The molecular formula is C25H20BrNO5. The topological polar surface area (TPSA) is 85.7 Å². The summed E-state index contributed by atoms with van der Waals surface area (Å²) in [6, 6.07) is 18.0. The van der Waals surface area contributed by atoms with E-state index in [9.17, 15) is 14.7 Å². The van der Waals surface area contributed by atoms with E-state index in [1.54, 1.807) is 36.5 Å². The number of aliphatic hydroxyl groups is 1. The van der Waals surface area contributed by atoms with Gasteiger partial charge in [-0.25, -0.2) is 0 Å². The largest absolute Gasteiger partial charge is 0.472 e. The average molecular weight is 494 g/mol. The Labute approximate surface area is 193 Å². The number of ketones is 1. The van der Waals surface area contributed by atoms with Crippen LogP contribution in [0.5, 0.6) is 5.75 Å². The van der Waals surface area contributed by atoms with Crippen LogP contribution in [0.15, 0.2) is 71.3 Å². The van der Waals surface area contributed by atoms with Crippen molar-refractivity contribution in [1.82, 2.24) is 4.98 Å². The number of methoxy groups -OCH3 is 1. The molecule has 1 aromatic heterocycles. The monoisotopic (exact) mass is 493 g/mol. The highest BCUT2D eigenvalue weighted by Crippen LogP contribution is 2.64. The van der Waals surface area contributed by atoms with Crippen molar-refractivity contribution in [1.29, 1.82) is 0 Å². The zero-order valence-corrected chi connectivity index (χ0v) is 19.0. The first kappa shape index (κ1) is 20.8. The Bertz CT molecular complexity index is 1230. The van der Waals surface area contributed by atoms with Crippen LogP contribution in [0.4, 0.5) is 0 Å². The maximum atomic E-state index is 14.1. The van der Waals surface area contributed by atoms with Crippen LogP contribution in [0.2, 0.25) is 0 Å². The number of halogens is 1. The summed E-state index contributed by atoms with van der Waals surface area (Å²) in [7, 11) is 1.25. The van der Waals surface area contributed by atoms with Crippen LogP contribution in [0.3, 0.4) is 0 Å². The molecule has 1 fully saturated rings. The molecule has 32 heavy (non-hydrogen) atoms. The molecule has 2 aliphatic rings. The predicted octanol–water partition coefficient (Wildman–Crippen LogP) is 3.78. The van der Waals surface area contributed by atoms with Crippen molar-refractivity contribution in [2.45, 2.75) is 24.0 Å². The maximum Gasteiger partial charge on any atom is 0.313 e. The summed E-state index contributed by atoms with van der Waals surface area (Å²) >= 11 is 3.43. The van der Waals surface area contributed by atoms with Crippen LogP contribution in [0, 0.1) is 12.8 Å². The molecule has 6 nitrogen and oxygen atoms in total. The summed E-state index contributed by atoms with van der Waals surface area (Å²) in [5, 5.41) is 12.0. The molecule has 7 heteroatoms. The Morgan fingerprint density at radius 1 is 1.16 bits per heavy atom. The van der Waals surface area contributed by atoms with E-state index in [2.05, 4.69) is 20.9 Å². The van der Waals surface area contributed by atoms with Gasteiger partial charge in [-0.2, -0.15) is 0 Å². The standard InChI is InChI=1S/C25H20BrNO5/c1-14-12-18-21(27-13-14)24(30)20(22(28)31-2)19(15-6-4-3-5-7-15)25(32-18,23(24)29)16-8-10-17(26)11-9-16/h3-13,19-20,30H,1-2H3/t19?,20?,24-,25+/m1/s1. The van der Waals surface area contributed by atoms with Crippen molar-refractivity contribution in [2.24, 2.45) is 5.92 Å². The molecule has 1 aliphatic heterocycles. The first-order valence-electron chi connectivity index (χ1n) is 10.2. The third kappa shape index (κ3) is 2.64. The first-order chi connectivity index (χ1) is 15.3. The minimum Gasteiger partial charge on any atom is -0.472 e. The van der Waals surface area contributed by atoms with Gasteiger partial charge in [0.25, 0.3) is 0 Å². The van der Waals surface area contributed by atoms with E-state index in [0.29, 0.717) is 11.1 Å². The van der Waals surface area contributed by atoms with Crippen LogP contribution < -0.4 is 4.74 Å². The number of carbonyl (C=O) groups excluding carboxylic acids is 2. The number of fused-ring (bicyclic) bond motifs is 4. The number of hydrogen-bond acceptors (Lipinski definition) is 6. The van der Waals surface area contributed by atoms with Gasteiger partial charge in [-0.05, 0) is 36.2 Å². The lowest BCUT2D eigenvalue weighted by Gasteiger charge is -2.39. The summed E-state index contributed by atoms with van der Waals surface area (Å²) in [6.45, 7) is 1.85. The normalized spacial score (nSPS) is 28.1. The van der Waals surface area contributed by atoms with Gasteiger partial charge in [-0.3, -0.25) is 14.6 Å². The van der Waals surface area contributed by atoms with Gasteiger partial charge in [0.1, 0.15) is 17.4 Å². The van der Waals surface area contributed by atoms with E-state index in [0.717, 1.165) is 10.0 Å². The number of carbonyl (C=O) groups is 2. The second-order valence-electron chi connectivity index (χ2n) is 8.19. The highest BCUT2D eigenvalue weighted by atomic mass is 79.9. The minimum absolute atomic E-state index is 0.0367. The highest BCUT2D eigenvalue weighted by molar-refractivity contribution is 9.10. The van der Waals surface area contributed by atoms with Gasteiger partial charge >= 0.3 is 5.97 Å². The average Bonchev–Trinajstić information content (AvgIpc) is 2.93. The molecule has 4 atom stereocenters. The van der Waals surface area contributed by atoms with Crippen molar-refractivity contribution < 1.29 is 24.2 Å². The number of hydrogen-bond donors (Lipinski definition) is 1. The molecule has 3 aromatic rings. The summed E-state index contributed by atoms with van der Waals surface area (Å²) in [5.74, 6) is -3.14. The molecule has 1 N–H and O–H groups in total. The van der Waals surface area contributed by atoms with E-state index in [1.807, 2.05) is 37.3 Å². The predicted molar refractivity (Wildman–Crippen MR) is 119 cm³/mol. The van der Waals surface area contributed by atoms with E-state index in [-0.39, 0.29) is 11.4 Å². The van der Waals surface area contributed by atoms with Gasteiger partial charge in [-0.15, -0.1) is 0 Å². The number of ether oxygens (including phenoxy) is 2. The van der Waals surface area contributed by atoms with Crippen LogP contribution in [0.1, 0.15) is 28.3 Å². The van der Waals surface area contributed by atoms with Crippen molar-refractivity contribution in [3.63, 3.8) is 0 Å². The van der Waals surface area contributed by atoms with Crippen molar-refractivity contribution in [3.05, 3.63) is 93.7 Å². The number of esters is 1. The quantitative estimate of drug-likeness (QED) is 0.558. The number of nitrogens with zero attached hydrogens (tertiary/aromatic N) is 1. The van der Waals surface area contributed by atoms with Gasteiger partial charge < -0.3 is 14.6 Å². The molecule has 0 radical (unpaired) electrons. The second kappa shape index (κ2) is 7.25. The van der Waals surface area contributed by atoms with Gasteiger partial charge in [0.2, 0.25) is 11.4 Å². The summed E-state index contributed by atoms with van der Waals surface area (Å²) in [6.07, 6.45) is 1.55. The van der Waals surface area contributed by atoms with E-state index in [4.69, 9.17) is 9.47 Å². The second-order valence-corrected chi connectivity index (χ2v) is 9.10. The molecule has 0 spiro atoms. The number of benzene rings is 2. The van der Waals surface area contributed by atoms with E-state index < -0.39 is 34.8 Å². The van der Waals surface area contributed by atoms with Crippen LogP contribution in [0.25, 0.3) is 0 Å². The Balaban J connectivity index is 1.89. The van der Waals surface area contributed by atoms with Gasteiger partial charge in [0.05, 0.1) is 13.0 Å². The number of aryl methyl sites for hydroxylation is 1. The molecule has 2 aromatic carbocycles. The van der Waals surface area contributed by atoms with E-state index in [1.165, 1.54) is 7.11 Å². The zero-order valence-electron chi connectivity index (χ0n) is 17.4. The smallest absolute Gasteiger partial charge is 0.313 e. The van der Waals surface area contributed by atoms with E-state index >= 15 is 0 Å².